The van der Waals surface area contributed by atoms with Crippen LogP contribution in [0.3, 0.4) is 0 Å². The van der Waals surface area contributed by atoms with Gasteiger partial charge in [-0.05, 0) is 120 Å². The summed E-state index contributed by atoms with van der Waals surface area (Å²) in [5, 5.41) is 12.3. The lowest BCUT2D eigenvalue weighted by Crippen LogP contribution is -2.40. The number of likely N-dealkylation sites (tertiary alicyclic amines) is 1. The van der Waals surface area contributed by atoms with Gasteiger partial charge in [0.1, 0.15) is 22.0 Å². The van der Waals surface area contributed by atoms with Crippen molar-refractivity contribution in [3.05, 3.63) is 155 Å². The van der Waals surface area contributed by atoms with Crippen molar-refractivity contribution in [2.24, 2.45) is 0 Å². The van der Waals surface area contributed by atoms with E-state index in [1.807, 2.05) is 72.9 Å². The van der Waals surface area contributed by atoms with Gasteiger partial charge in [0.05, 0.1) is 50.3 Å². The molecule has 11 rings (SSSR count). The molecule has 6 heterocycles. The van der Waals surface area contributed by atoms with Gasteiger partial charge in [-0.1, -0.05) is 18.0 Å². The Morgan fingerprint density at radius 2 is 1.39 bits per heavy atom. The fourth-order valence-electron chi connectivity index (χ4n) is 11.2. The molecule has 0 radical (unpaired) electrons. The Morgan fingerprint density at radius 1 is 0.710 bits per heavy atom. The summed E-state index contributed by atoms with van der Waals surface area (Å²) in [6.45, 7) is 5.41. The first-order valence-electron chi connectivity index (χ1n) is 25.2. The topological polar surface area (TPSA) is 103 Å². The van der Waals surface area contributed by atoms with E-state index in [-0.39, 0.29) is 12.2 Å². The molecule has 0 spiro atoms. The molecular formula is C57H62Cl2N8O2+2. The number of carbonyl (C=O) groups is 1. The van der Waals surface area contributed by atoms with Gasteiger partial charge in [0.15, 0.2) is 5.52 Å². The van der Waals surface area contributed by atoms with E-state index in [4.69, 9.17) is 37.9 Å². The second-order valence-corrected chi connectivity index (χ2v) is 20.0. The van der Waals surface area contributed by atoms with Crippen LogP contribution in [0.4, 0.5) is 4.79 Å². The maximum atomic E-state index is 12.9. The highest BCUT2D eigenvalue weighted by Gasteiger charge is 2.32. The summed E-state index contributed by atoms with van der Waals surface area (Å²) < 4.78 is 10.1. The third kappa shape index (κ3) is 11.1. The Hall–Kier alpha value is -5.81. The monoisotopic (exact) mass is 960 g/mol. The third-order valence-electron chi connectivity index (χ3n) is 14.7. The number of piperidine rings is 2. The number of benzene rings is 2. The Labute approximate surface area is 415 Å². The molecule has 2 saturated heterocycles. The van der Waals surface area contributed by atoms with Crippen molar-refractivity contribution < 1.29 is 9.53 Å². The van der Waals surface area contributed by atoms with Gasteiger partial charge in [0.25, 0.3) is 0 Å². The van der Waals surface area contributed by atoms with Gasteiger partial charge in [-0.25, -0.2) is 24.7 Å². The van der Waals surface area contributed by atoms with Crippen LogP contribution in [0.1, 0.15) is 105 Å². The predicted octanol–water partition coefficient (Wildman–Crippen LogP) is 13.4. The molecule has 10 nitrogen and oxygen atoms in total. The number of halogens is 2. The number of amides is 1. The Morgan fingerprint density at radius 3 is 2.12 bits per heavy atom. The number of nitrogens with zero attached hydrogens (tertiary/aromatic N) is 7. The van der Waals surface area contributed by atoms with E-state index in [9.17, 15) is 4.79 Å². The summed E-state index contributed by atoms with van der Waals surface area (Å²) in [7, 11) is 0. The zero-order valence-corrected chi connectivity index (χ0v) is 40.9. The highest BCUT2D eigenvalue weighted by Crippen LogP contribution is 2.40. The first-order chi connectivity index (χ1) is 33.9. The number of aryl methyl sites for hydroxylation is 4. The zero-order valence-electron chi connectivity index (χ0n) is 39.4. The number of imidazole rings is 2. The number of hydrogen-bond donors (Lipinski definition) is 1. The van der Waals surface area contributed by atoms with E-state index in [0.29, 0.717) is 24.9 Å². The van der Waals surface area contributed by atoms with Crippen LogP contribution in [-0.2, 0) is 30.7 Å². The molecule has 8 aromatic rings. The summed E-state index contributed by atoms with van der Waals surface area (Å²) in [6.07, 6.45) is 28.8. The second-order valence-electron chi connectivity index (χ2n) is 19.2. The van der Waals surface area contributed by atoms with Crippen LogP contribution in [0.25, 0.3) is 43.4 Å². The molecule has 354 valence electrons. The fraction of sp³-hybridized carbons (Fsp3) is 0.386. The maximum absolute atomic E-state index is 12.9. The van der Waals surface area contributed by atoms with Gasteiger partial charge in [-0.3, -0.25) is 0 Å². The molecule has 4 aromatic heterocycles. The second kappa shape index (κ2) is 22.3. The fourth-order valence-corrected chi connectivity index (χ4v) is 11.5. The van der Waals surface area contributed by atoms with Gasteiger partial charge in [-0.15, -0.1) is 0 Å². The standard InChI is InChI=1S/C32H36ClN4O2.C25H26ClN4/c33-26-10-11-28-25(21-26)20-24(6-5-16-36-19-15-34-22-36)29-9-4-14-35-31(29)30(28)23-12-17-37(18-13-23)32(38)39-27-7-2-1-3-8-27;26-21-5-6-22-20(16-21)15-19(3-2-13-30-14-12-28-17-30)23-4-1-9-29-25(23)24(22)18-7-10-27-11-8-18/h4,9-11,14-15,19-23,27H,1-3,5-8,12-13,16-18H2;1,4-6,9,12,14-18,27H,2-3,7-8,10-11,13H2/q2*+1. The number of pyridine rings is 2. The largest absolute Gasteiger partial charge is 0.446 e. The van der Waals surface area contributed by atoms with Crippen LogP contribution in [0.15, 0.2) is 123 Å². The van der Waals surface area contributed by atoms with E-state index in [1.165, 1.54) is 55.6 Å². The molecule has 1 saturated carbocycles. The molecule has 0 bridgehead atoms. The number of nitrogens with one attached hydrogen (secondary N) is 1. The lowest BCUT2D eigenvalue weighted by molar-refractivity contribution is 0.0405. The van der Waals surface area contributed by atoms with Crippen molar-refractivity contribution in [3.63, 3.8) is 0 Å². The number of aromatic nitrogens is 6. The van der Waals surface area contributed by atoms with Crippen molar-refractivity contribution >= 4 is 72.6 Å². The van der Waals surface area contributed by atoms with Crippen molar-refractivity contribution in [2.45, 2.75) is 114 Å². The summed E-state index contributed by atoms with van der Waals surface area (Å²) in [4.78, 5) is 33.0. The van der Waals surface area contributed by atoms with Crippen molar-refractivity contribution in [2.75, 3.05) is 26.2 Å². The SMILES string of the molecule is Clc1ccc2c(c1)cc(CCCn1ccnc1)c1cccnc1[c+]2C1CCNCC1.O=C(OC1CCCCC1)N1CCC(c2c3ncccc3c(CCCn3ccnc3)c[c+]3cc(Cl)ccc23)CC1. The highest BCUT2D eigenvalue weighted by atomic mass is 35.5. The van der Waals surface area contributed by atoms with Crippen molar-refractivity contribution in [1.29, 1.82) is 0 Å². The number of rotatable bonds is 11. The molecule has 2 aliphatic heterocycles. The van der Waals surface area contributed by atoms with Crippen molar-refractivity contribution in [1.82, 2.24) is 39.3 Å². The Kier molecular flexibility index (Phi) is 15.2. The van der Waals surface area contributed by atoms with Crippen molar-refractivity contribution in [3.8, 4) is 0 Å². The maximum Gasteiger partial charge on any atom is 0.410 e. The van der Waals surface area contributed by atoms with E-state index >= 15 is 0 Å². The summed E-state index contributed by atoms with van der Waals surface area (Å²) in [5.74, 6) is 0.814. The minimum absolute atomic E-state index is 0.0891. The van der Waals surface area contributed by atoms with Gasteiger partial charge in [-0.2, -0.15) is 0 Å². The minimum Gasteiger partial charge on any atom is -0.446 e. The predicted molar refractivity (Wildman–Crippen MR) is 280 cm³/mol. The Bertz CT molecular complexity index is 3030. The van der Waals surface area contributed by atoms with Crippen LogP contribution in [-0.4, -0.2) is 72.3 Å². The number of hydrogen-bond acceptors (Lipinski definition) is 7. The minimum atomic E-state index is -0.140. The molecule has 3 fully saturated rings. The highest BCUT2D eigenvalue weighted by molar-refractivity contribution is 6.31. The van der Waals surface area contributed by atoms with Crippen LogP contribution in [0.2, 0.25) is 10.0 Å². The van der Waals surface area contributed by atoms with Gasteiger partial charge in [0, 0.05) is 147 Å². The molecular weight excluding hydrogens is 900 g/mol. The van der Waals surface area contributed by atoms with Crippen LogP contribution in [0, 0.1) is 0 Å². The first-order valence-corrected chi connectivity index (χ1v) is 25.9. The summed E-state index contributed by atoms with van der Waals surface area (Å²) >= 11 is 12.9. The van der Waals surface area contributed by atoms with E-state index < -0.39 is 0 Å². The quantitative estimate of drug-likeness (QED) is 0.129. The van der Waals surface area contributed by atoms with Crippen LogP contribution >= 0.6 is 23.2 Å². The molecule has 69 heavy (non-hydrogen) atoms. The van der Waals surface area contributed by atoms with Gasteiger partial charge >= 0.3 is 6.09 Å². The molecule has 1 aliphatic carbocycles. The molecule has 0 atom stereocenters. The molecule has 1 N–H and O–H groups in total. The average molecular weight is 962 g/mol. The average Bonchev–Trinajstić information content (AvgIpc) is 4.07. The molecule has 1 amide bonds. The zero-order chi connectivity index (χ0) is 46.9. The van der Waals surface area contributed by atoms with Crippen LogP contribution < -0.4 is 5.32 Å². The first kappa shape index (κ1) is 46.9. The third-order valence-corrected chi connectivity index (χ3v) is 15.1. The van der Waals surface area contributed by atoms with E-state index in [2.05, 4.69) is 79.0 Å². The summed E-state index contributed by atoms with van der Waals surface area (Å²) in [6, 6.07) is 25.7. The van der Waals surface area contributed by atoms with E-state index in [0.717, 1.165) is 130 Å². The summed E-state index contributed by atoms with van der Waals surface area (Å²) in [5.41, 5.74) is 7.50. The van der Waals surface area contributed by atoms with Gasteiger partial charge < -0.3 is 24.1 Å². The number of ether oxygens (including phenoxy) is 1. The Balaban J connectivity index is 0.000000166. The molecule has 12 heteroatoms. The molecule has 3 aliphatic rings. The lowest BCUT2D eigenvalue weighted by Gasteiger charge is -2.32. The van der Waals surface area contributed by atoms with E-state index in [1.54, 1.807) is 0 Å². The molecule has 4 aromatic carbocycles. The number of fused-ring (bicyclic) bond motifs is 4. The number of carbonyl (C=O) groups excluding carboxylic acids is 1. The smallest absolute Gasteiger partial charge is 0.410 e. The van der Waals surface area contributed by atoms with Gasteiger partial charge in [0.2, 0.25) is 0 Å². The van der Waals surface area contributed by atoms with Crippen LogP contribution in [0.5, 0.6) is 0 Å². The lowest BCUT2D eigenvalue weighted by atomic mass is 9.86. The molecule has 0 unspecified atom stereocenters. The normalized spacial score (nSPS) is 16.2.